The number of nitrogens with zero attached hydrogens (tertiary/aromatic N) is 2. The van der Waals surface area contributed by atoms with Crippen molar-refractivity contribution in [2.75, 3.05) is 11.9 Å². The molecule has 15 heavy (non-hydrogen) atoms. The molecule has 1 heterocycles. The van der Waals surface area contributed by atoms with Crippen LogP contribution in [0.5, 0.6) is 0 Å². The van der Waals surface area contributed by atoms with Crippen LogP contribution in [0.25, 0.3) is 0 Å². The minimum Gasteiger partial charge on any atom is -0.220 e. The van der Waals surface area contributed by atoms with Crippen LogP contribution >= 0.6 is 12.6 Å². The molecule has 78 valence electrons. The predicted octanol–water partition coefficient (Wildman–Crippen LogP) is 2.11. The Morgan fingerprint density at radius 1 is 1.40 bits per heavy atom. The second-order valence-corrected chi connectivity index (χ2v) is 4.18. The number of amidine groups is 1. The summed E-state index contributed by atoms with van der Waals surface area (Å²) in [7, 11) is 2.06. The number of anilines is 1. The largest absolute Gasteiger partial charge is 0.349 e. The Morgan fingerprint density at radius 3 is 2.93 bits per heavy atom. The molecule has 2 nitrogen and oxygen atoms in total. The summed E-state index contributed by atoms with van der Waals surface area (Å²) in [6.07, 6.45) is 4.05. The van der Waals surface area contributed by atoms with Crippen molar-refractivity contribution in [2.24, 2.45) is 0 Å². The molecule has 0 fully saturated rings. The maximum Gasteiger partial charge on any atom is 0.349 e. The van der Waals surface area contributed by atoms with Gasteiger partial charge in [0.05, 0.1) is 19.0 Å². The van der Waals surface area contributed by atoms with Gasteiger partial charge in [-0.1, -0.05) is 13.0 Å². The number of thiol groups is 1. The Kier molecular flexibility index (Phi) is 2.85. The molecule has 0 unspecified atom stereocenters. The van der Waals surface area contributed by atoms with Gasteiger partial charge in [-0.2, -0.15) is 0 Å². The number of fused-ring (bicyclic) bond motifs is 1. The molecule has 3 heteroatoms. The lowest BCUT2D eigenvalue weighted by Gasteiger charge is -2.15. The van der Waals surface area contributed by atoms with E-state index in [1.807, 2.05) is 18.3 Å². The fraction of sp³-hybridized carbons (Fsp3) is 0.333. The highest BCUT2D eigenvalue weighted by Gasteiger charge is 2.25. The first-order valence-corrected chi connectivity index (χ1v) is 5.64. The zero-order valence-electron chi connectivity index (χ0n) is 9.07. The zero-order valence-corrected chi connectivity index (χ0v) is 9.96. The Balaban J connectivity index is 2.50. The lowest BCUT2D eigenvalue weighted by molar-refractivity contribution is 0.962. The summed E-state index contributed by atoms with van der Waals surface area (Å²) in [4.78, 5) is 3.14. The average Bonchev–Trinajstić information content (AvgIpc) is 2.23. The van der Waals surface area contributed by atoms with E-state index in [2.05, 4.69) is 42.2 Å². The molecule has 0 bridgehead atoms. The van der Waals surface area contributed by atoms with Crippen LogP contribution in [-0.2, 0) is 0 Å². The van der Waals surface area contributed by atoms with Crippen LogP contribution in [0.15, 0.2) is 23.1 Å². The normalized spacial score (nSPS) is 13.8. The van der Waals surface area contributed by atoms with E-state index in [0.29, 0.717) is 0 Å². The first-order chi connectivity index (χ1) is 7.24. The summed E-state index contributed by atoms with van der Waals surface area (Å²) in [5, 5.41) is 0. The van der Waals surface area contributed by atoms with Gasteiger partial charge in [0.2, 0.25) is 6.21 Å². The molecule has 0 N–H and O–H groups in total. The summed E-state index contributed by atoms with van der Waals surface area (Å²) in [6.45, 7) is 2.17. The lowest BCUT2D eigenvalue weighted by atomic mass is 10.1. The van der Waals surface area contributed by atoms with Crippen molar-refractivity contribution in [3.8, 4) is 0 Å². The van der Waals surface area contributed by atoms with E-state index in [0.717, 1.165) is 29.1 Å². The molecule has 0 saturated heterocycles. The van der Waals surface area contributed by atoms with Gasteiger partial charge < -0.3 is 0 Å². The van der Waals surface area contributed by atoms with E-state index in [9.17, 15) is 0 Å². The van der Waals surface area contributed by atoms with Gasteiger partial charge in [-0.05, 0) is 18.6 Å². The molecular weight excluding hydrogens is 204 g/mol. The standard InChI is InChI=1S/C12H14N2S/c1-3-5-12-13-8-9-10(14(12)2)6-4-7-11(9)15/h4,6-8H,3,5H2,1-2H3/p+1. The minimum absolute atomic E-state index is 0.985. The molecule has 0 radical (unpaired) electrons. The predicted molar refractivity (Wildman–Crippen MR) is 69.3 cm³/mol. The monoisotopic (exact) mass is 219 g/mol. The molecule has 0 amide bonds. The van der Waals surface area contributed by atoms with Gasteiger partial charge in [-0.3, -0.25) is 0 Å². The third-order valence-corrected chi connectivity index (χ3v) is 3.01. The molecular formula is C12H15N2S+. The smallest absolute Gasteiger partial charge is 0.220 e. The summed E-state index contributed by atoms with van der Waals surface area (Å²) in [5.74, 6) is 1.13. The minimum atomic E-state index is 0.985. The van der Waals surface area contributed by atoms with E-state index in [1.165, 1.54) is 5.69 Å². The second-order valence-electron chi connectivity index (χ2n) is 3.69. The summed E-state index contributed by atoms with van der Waals surface area (Å²) < 4.78 is 4.47. The Labute approximate surface area is 95.8 Å². The van der Waals surface area contributed by atoms with Crippen molar-refractivity contribution in [2.45, 2.75) is 24.7 Å². The van der Waals surface area contributed by atoms with Gasteiger partial charge in [0.25, 0.3) is 0 Å². The molecule has 1 aromatic carbocycles. The molecule has 1 aliphatic rings. The summed E-state index contributed by atoms with van der Waals surface area (Å²) in [5.41, 5.74) is 2.31. The SMILES string of the molecule is CCCC1=[N+]=Cc2c(S)cccc2N1C. The lowest BCUT2D eigenvalue weighted by Crippen LogP contribution is -2.32. The zero-order chi connectivity index (χ0) is 10.8. The van der Waals surface area contributed by atoms with Crippen molar-refractivity contribution in [3.63, 3.8) is 0 Å². The Bertz CT molecular complexity index is 445. The summed E-state index contributed by atoms with van der Waals surface area (Å²) in [6, 6.07) is 6.13. The van der Waals surface area contributed by atoms with E-state index in [1.54, 1.807) is 0 Å². The highest BCUT2D eigenvalue weighted by molar-refractivity contribution is 7.80. The maximum atomic E-state index is 4.47. The van der Waals surface area contributed by atoms with Gasteiger partial charge >= 0.3 is 5.84 Å². The fourth-order valence-corrected chi connectivity index (χ4v) is 2.04. The molecule has 0 aromatic heterocycles. The van der Waals surface area contributed by atoms with E-state index < -0.39 is 0 Å². The first-order valence-electron chi connectivity index (χ1n) is 5.19. The van der Waals surface area contributed by atoms with Crippen LogP contribution in [-0.4, -0.2) is 19.1 Å². The Hall–Kier alpha value is -1.18. The molecule has 2 rings (SSSR count). The van der Waals surface area contributed by atoms with Gasteiger partial charge in [-0.15, -0.1) is 12.6 Å². The number of rotatable bonds is 2. The highest BCUT2D eigenvalue weighted by Crippen LogP contribution is 2.25. The van der Waals surface area contributed by atoms with Crippen LogP contribution < -0.4 is 9.57 Å². The van der Waals surface area contributed by atoms with Crippen molar-refractivity contribution in [1.29, 1.82) is 0 Å². The van der Waals surface area contributed by atoms with E-state index >= 15 is 0 Å². The quantitative estimate of drug-likeness (QED) is 0.595. The van der Waals surface area contributed by atoms with Gasteiger partial charge in [-0.25, -0.2) is 9.57 Å². The van der Waals surface area contributed by atoms with Gasteiger partial charge in [0, 0.05) is 4.90 Å². The van der Waals surface area contributed by atoms with Crippen LogP contribution in [0.1, 0.15) is 25.3 Å². The van der Waals surface area contributed by atoms with Crippen molar-refractivity contribution in [3.05, 3.63) is 23.8 Å². The topological polar surface area (TPSA) is 17.3 Å². The van der Waals surface area contributed by atoms with Gasteiger partial charge in [0.15, 0.2) is 0 Å². The summed E-state index contributed by atoms with van der Waals surface area (Å²) >= 11 is 4.43. The average molecular weight is 219 g/mol. The second kappa shape index (κ2) is 4.13. The molecule has 0 spiro atoms. The highest BCUT2D eigenvalue weighted by atomic mass is 32.1. The van der Waals surface area contributed by atoms with Crippen LogP contribution in [0.3, 0.4) is 0 Å². The van der Waals surface area contributed by atoms with Crippen LogP contribution in [0.4, 0.5) is 5.69 Å². The first kappa shape index (κ1) is 10.3. The fourth-order valence-electron chi connectivity index (χ4n) is 1.79. The van der Waals surface area contributed by atoms with Crippen molar-refractivity contribution >= 4 is 30.4 Å². The molecule has 0 atom stereocenters. The molecule has 1 aromatic rings. The molecule has 0 aliphatic carbocycles. The maximum absolute atomic E-state index is 4.47. The molecule has 0 saturated carbocycles. The number of hydrogen-bond acceptors (Lipinski definition) is 2. The van der Waals surface area contributed by atoms with Crippen LogP contribution in [0.2, 0.25) is 0 Å². The third kappa shape index (κ3) is 1.81. The van der Waals surface area contributed by atoms with Crippen LogP contribution in [0, 0.1) is 0 Å². The van der Waals surface area contributed by atoms with Crippen molar-refractivity contribution in [1.82, 2.24) is 4.67 Å². The number of benzene rings is 1. The Morgan fingerprint density at radius 2 is 2.20 bits per heavy atom. The van der Waals surface area contributed by atoms with E-state index in [-0.39, 0.29) is 0 Å². The van der Waals surface area contributed by atoms with Gasteiger partial charge in [0.1, 0.15) is 5.69 Å². The molecule has 1 aliphatic heterocycles. The van der Waals surface area contributed by atoms with E-state index in [4.69, 9.17) is 0 Å². The third-order valence-electron chi connectivity index (χ3n) is 2.62. The number of hydrogen-bond donors (Lipinski definition) is 1. The van der Waals surface area contributed by atoms with Crippen molar-refractivity contribution < 1.29 is 0 Å².